The predicted molar refractivity (Wildman–Crippen MR) is 102 cm³/mol. The fourth-order valence-corrected chi connectivity index (χ4v) is 2.82. The number of hydrogen-bond donors (Lipinski definition) is 1. The van der Waals surface area contributed by atoms with Crippen LogP contribution >= 0.6 is 0 Å². The fraction of sp³-hybridized carbons (Fsp3) is 0.250. The van der Waals surface area contributed by atoms with Gasteiger partial charge in [-0.1, -0.05) is 30.3 Å². The minimum atomic E-state index is -0.364. The van der Waals surface area contributed by atoms with Gasteiger partial charge >= 0.3 is 0 Å². The molecule has 0 spiro atoms. The quantitative estimate of drug-likeness (QED) is 0.851. The Labute approximate surface area is 157 Å². The van der Waals surface area contributed by atoms with Gasteiger partial charge in [-0.15, -0.1) is 0 Å². The first kappa shape index (κ1) is 18.7. The number of nitrogens with one attached hydrogen (secondary N) is 1. The summed E-state index contributed by atoms with van der Waals surface area (Å²) in [6, 6.07) is 15.3. The van der Waals surface area contributed by atoms with E-state index in [1.54, 1.807) is 11.9 Å². The molecule has 1 aliphatic heterocycles. The Morgan fingerprint density at radius 3 is 2.52 bits per heavy atom. The van der Waals surface area contributed by atoms with Gasteiger partial charge in [0.1, 0.15) is 5.82 Å². The molecule has 27 heavy (non-hydrogen) atoms. The zero-order valence-corrected chi connectivity index (χ0v) is 15.1. The number of carbonyl (C=O) groups excluding carboxylic acids is 2. The van der Waals surface area contributed by atoms with E-state index >= 15 is 0 Å². The van der Waals surface area contributed by atoms with E-state index in [9.17, 15) is 14.0 Å². The van der Waals surface area contributed by atoms with Crippen LogP contribution in [0.1, 0.15) is 12.0 Å². The second-order valence-electron chi connectivity index (χ2n) is 6.41. The summed E-state index contributed by atoms with van der Waals surface area (Å²) in [5, 5.41) is 8.53. The van der Waals surface area contributed by atoms with E-state index in [0.29, 0.717) is 18.7 Å². The van der Waals surface area contributed by atoms with Crippen molar-refractivity contribution in [1.82, 2.24) is 9.91 Å². The second-order valence-corrected chi connectivity index (χ2v) is 6.41. The molecule has 0 unspecified atom stereocenters. The van der Waals surface area contributed by atoms with Gasteiger partial charge < -0.3 is 5.32 Å². The molecule has 1 aliphatic rings. The van der Waals surface area contributed by atoms with Gasteiger partial charge in [-0.2, -0.15) is 5.10 Å². The molecule has 0 aliphatic carbocycles. The van der Waals surface area contributed by atoms with E-state index in [-0.39, 0.29) is 30.7 Å². The third-order valence-electron chi connectivity index (χ3n) is 4.14. The highest BCUT2D eigenvalue weighted by atomic mass is 19.1. The number of hydrazone groups is 1. The lowest BCUT2D eigenvalue weighted by Gasteiger charge is -2.18. The summed E-state index contributed by atoms with van der Waals surface area (Å²) in [5.41, 5.74) is 2.42. The van der Waals surface area contributed by atoms with Gasteiger partial charge in [-0.25, -0.2) is 9.40 Å². The van der Waals surface area contributed by atoms with E-state index in [1.807, 2.05) is 30.3 Å². The van der Waals surface area contributed by atoms with Crippen LogP contribution in [-0.2, 0) is 9.59 Å². The molecule has 2 aromatic rings. The number of amides is 2. The molecule has 2 aromatic carbocycles. The number of benzene rings is 2. The van der Waals surface area contributed by atoms with Crippen LogP contribution in [-0.4, -0.2) is 54.1 Å². The Bertz CT molecular complexity index is 837. The van der Waals surface area contributed by atoms with Crippen molar-refractivity contribution in [3.8, 4) is 0 Å². The van der Waals surface area contributed by atoms with Crippen molar-refractivity contribution < 1.29 is 14.0 Å². The smallest absolute Gasteiger partial charge is 0.256 e. The number of anilines is 1. The molecule has 0 saturated heterocycles. The molecule has 3 rings (SSSR count). The molecular formula is C20H21FN4O2. The molecule has 140 valence electrons. The molecule has 0 saturated carbocycles. The Morgan fingerprint density at radius 2 is 1.81 bits per heavy atom. The summed E-state index contributed by atoms with van der Waals surface area (Å²) in [7, 11) is 1.69. The number of hydrogen-bond acceptors (Lipinski definition) is 4. The van der Waals surface area contributed by atoms with Crippen molar-refractivity contribution in [1.29, 1.82) is 0 Å². The van der Waals surface area contributed by atoms with E-state index in [0.717, 1.165) is 11.3 Å². The van der Waals surface area contributed by atoms with E-state index < -0.39 is 0 Å². The summed E-state index contributed by atoms with van der Waals surface area (Å²) >= 11 is 0. The van der Waals surface area contributed by atoms with Gasteiger partial charge in [0.05, 0.1) is 25.3 Å². The molecule has 0 radical (unpaired) electrons. The second kappa shape index (κ2) is 8.55. The highest BCUT2D eigenvalue weighted by Gasteiger charge is 2.22. The SMILES string of the molecule is CN(CC(=O)Nc1ccc(F)cc1)CC(=O)N1CCC(c2ccccc2)=N1. The first-order valence-electron chi connectivity index (χ1n) is 8.68. The number of carbonyl (C=O) groups is 2. The third kappa shape index (κ3) is 5.21. The van der Waals surface area contributed by atoms with Gasteiger partial charge in [0.15, 0.2) is 0 Å². The van der Waals surface area contributed by atoms with E-state index in [1.165, 1.54) is 29.3 Å². The average molecular weight is 368 g/mol. The van der Waals surface area contributed by atoms with Crippen molar-refractivity contribution in [2.75, 3.05) is 32.0 Å². The maximum Gasteiger partial charge on any atom is 0.256 e. The minimum Gasteiger partial charge on any atom is -0.325 e. The summed E-state index contributed by atoms with van der Waals surface area (Å²) in [6.45, 7) is 0.674. The van der Waals surface area contributed by atoms with Crippen molar-refractivity contribution >= 4 is 23.2 Å². The maximum atomic E-state index is 12.9. The lowest BCUT2D eigenvalue weighted by molar-refractivity contribution is -0.132. The van der Waals surface area contributed by atoms with Gasteiger partial charge in [-0.05, 0) is 36.9 Å². The summed E-state index contributed by atoms with van der Waals surface area (Å²) < 4.78 is 12.9. The number of halogens is 1. The Kier molecular flexibility index (Phi) is 5.93. The maximum absolute atomic E-state index is 12.9. The molecule has 1 N–H and O–H groups in total. The first-order valence-corrected chi connectivity index (χ1v) is 8.68. The lowest BCUT2D eigenvalue weighted by atomic mass is 10.1. The summed E-state index contributed by atoms with van der Waals surface area (Å²) in [5.74, 6) is -0.790. The van der Waals surface area contributed by atoms with Crippen LogP contribution in [0.3, 0.4) is 0 Å². The molecule has 0 bridgehead atoms. The average Bonchev–Trinajstić information content (AvgIpc) is 3.14. The zero-order chi connectivity index (χ0) is 19.2. The molecule has 1 heterocycles. The molecule has 6 nitrogen and oxygen atoms in total. The van der Waals surface area contributed by atoms with Crippen molar-refractivity contribution in [2.45, 2.75) is 6.42 Å². The van der Waals surface area contributed by atoms with Crippen molar-refractivity contribution in [3.05, 3.63) is 66.0 Å². The van der Waals surface area contributed by atoms with E-state index in [2.05, 4.69) is 10.4 Å². The van der Waals surface area contributed by atoms with Gasteiger partial charge in [0.25, 0.3) is 5.91 Å². The van der Waals surface area contributed by atoms with Crippen molar-refractivity contribution in [3.63, 3.8) is 0 Å². The number of rotatable bonds is 6. The van der Waals surface area contributed by atoms with Crippen molar-refractivity contribution in [2.24, 2.45) is 5.10 Å². The molecular weight excluding hydrogens is 347 g/mol. The summed E-state index contributed by atoms with van der Waals surface area (Å²) in [6.07, 6.45) is 0.713. The van der Waals surface area contributed by atoms with Crippen LogP contribution in [0.25, 0.3) is 0 Å². The largest absolute Gasteiger partial charge is 0.325 e. The van der Waals surface area contributed by atoms with Crippen LogP contribution in [0.5, 0.6) is 0 Å². The molecule has 2 amide bonds. The fourth-order valence-electron chi connectivity index (χ4n) is 2.82. The first-order chi connectivity index (χ1) is 13.0. The standard InChI is InChI=1S/C20H21FN4O2/c1-24(13-19(26)22-17-9-7-16(21)8-10-17)14-20(27)25-12-11-18(23-25)15-5-3-2-4-6-15/h2-10H,11-14H2,1H3,(H,22,26). The zero-order valence-electron chi connectivity index (χ0n) is 15.1. The van der Waals surface area contributed by atoms with Crippen LogP contribution in [0.4, 0.5) is 10.1 Å². The van der Waals surface area contributed by atoms with Crippen LogP contribution in [0, 0.1) is 5.82 Å². The van der Waals surface area contributed by atoms with Gasteiger partial charge in [0, 0.05) is 12.1 Å². The topological polar surface area (TPSA) is 65.0 Å². The Morgan fingerprint density at radius 1 is 1.11 bits per heavy atom. The normalized spacial score (nSPS) is 13.6. The number of nitrogens with zero attached hydrogens (tertiary/aromatic N) is 3. The summed E-state index contributed by atoms with van der Waals surface area (Å²) in [4.78, 5) is 26.1. The van der Waals surface area contributed by atoms with Gasteiger partial charge in [-0.3, -0.25) is 14.5 Å². The Hall–Kier alpha value is -3.06. The molecule has 0 atom stereocenters. The van der Waals surface area contributed by atoms with E-state index in [4.69, 9.17) is 0 Å². The van der Waals surface area contributed by atoms with Crippen LogP contribution in [0.15, 0.2) is 59.7 Å². The Balaban J connectivity index is 1.49. The molecule has 0 aromatic heterocycles. The highest BCUT2D eigenvalue weighted by molar-refractivity contribution is 6.02. The van der Waals surface area contributed by atoms with Crippen LogP contribution in [0.2, 0.25) is 0 Å². The number of likely N-dealkylation sites (N-methyl/N-ethyl adjacent to an activating group) is 1. The molecule has 7 heteroatoms. The van der Waals surface area contributed by atoms with Crippen LogP contribution < -0.4 is 5.32 Å². The monoisotopic (exact) mass is 368 g/mol. The van der Waals surface area contributed by atoms with Gasteiger partial charge in [0.2, 0.25) is 5.91 Å². The lowest BCUT2D eigenvalue weighted by Crippen LogP contribution is -2.38. The molecule has 0 fully saturated rings. The third-order valence-corrected chi connectivity index (χ3v) is 4.14. The highest BCUT2D eigenvalue weighted by Crippen LogP contribution is 2.14. The predicted octanol–water partition coefficient (Wildman–Crippen LogP) is 2.33. The minimum absolute atomic E-state index is 0.0478.